The van der Waals surface area contributed by atoms with Crippen LogP contribution in [0.3, 0.4) is 0 Å². The number of anilines is 1. The van der Waals surface area contributed by atoms with E-state index in [1.807, 2.05) is 6.07 Å². The molecule has 0 saturated heterocycles. The molecule has 18 heavy (non-hydrogen) atoms. The van der Waals surface area contributed by atoms with Crippen LogP contribution in [0, 0.1) is 0 Å². The first-order chi connectivity index (χ1) is 8.65. The summed E-state index contributed by atoms with van der Waals surface area (Å²) < 4.78 is 6.04. The molecule has 2 aromatic rings. The molecule has 0 saturated carbocycles. The minimum atomic E-state index is -0.626. The van der Waals surface area contributed by atoms with E-state index in [0.717, 1.165) is 0 Å². The van der Waals surface area contributed by atoms with Crippen molar-refractivity contribution in [1.29, 1.82) is 0 Å². The fourth-order valence-corrected chi connectivity index (χ4v) is 2.06. The SMILES string of the molecule is O=C(Nc1ncc(Br)nc1Br)Oc1ccccc1. The fraction of sp³-hybridized carbons (Fsp3) is 0. The number of rotatable bonds is 2. The Morgan fingerprint density at radius 2 is 1.94 bits per heavy atom. The molecule has 1 amide bonds. The maximum absolute atomic E-state index is 11.6. The third-order valence-electron chi connectivity index (χ3n) is 1.87. The second-order valence-electron chi connectivity index (χ2n) is 3.16. The average molecular weight is 373 g/mol. The summed E-state index contributed by atoms with van der Waals surface area (Å²) in [5, 5.41) is 2.48. The molecule has 1 aromatic heterocycles. The predicted octanol–water partition coefficient (Wildman–Crippen LogP) is 3.61. The zero-order chi connectivity index (χ0) is 13.0. The van der Waals surface area contributed by atoms with Crippen LogP contribution in [0.25, 0.3) is 0 Å². The number of halogens is 2. The Kier molecular flexibility index (Phi) is 4.27. The highest BCUT2D eigenvalue weighted by Gasteiger charge is 2.10. The summed E-state index contributed by atoms with van der Waals surface area (Å²) in [5.74, 6) is 0.746. The lowest BCUT2D eigenvalue weighted by molar-refractivity contribution is 0.215. The highest BCUT2D eigenvalue weighted by atomic mass is 79.9. The van der Waals surface area contributed by atoms with Crippen molar-refractivity contribution in [2.24, 2.45) is 0 Å². The normalized spacial score (nSPS) is 9.89. The maximum atomic E-state index is 11.6. The molecule has 0 aliphatic heterocycles. The van der Waals surface area contributed by atoms with Gasteiger partial charge in [0.15, 0.2) is 5.82 Å². The standard InChI is InChI=1S/C11H7Br2N3O2/c12-8-6-14-10(9(13)15-8)16-11(17)18-7-4-2-1-3-5-7/h1-6H,(H,14,16,17). The average Bonchev–Trinajstić information content (AvgIpc) is 2.34. The minimum absolute atomic E-state index is 0.291. The van der Waals surface area contributed by atoms with Crippen molar-refractivity contribution in [3.63, 3.8) is 0 Å². The molecule has 1 N–H and O–H groups in total. The van der Waals surface area contributed by atoms with Crippen LogP contribution >= 0.6 is 31.9 Å². The van der Waals surface area contributed by atoms with Gasteiger partial charge in [-0.1, -0.05) is 18.2 Å². The number of nitrogens with one attached hydrogen (secondary N) is 1. The molecule has 0 aliphatic rings. The first kappa shape index (κ1) is 13.0. The van der Waals surface area contributed by atoms with Crippen molar-refractivity contribution in [2.75, 3.05) is 5.32 Å². The highest BCUT2D eigenvalue weighted by molar-refractivity contribution is 9.11. The van der Waals surface area contributed by atoms with Gasteiger partial charge in [-0.2, -0.15) is 0 Å². The molecular formula is C11H7Br2N3O2. The third kappa shape index (κ3) is 3.51. The van der Waals surface area contributed by atoms with E-state index in [-0.39, 0.29) is 0 Å². The van der Waals surface area contributed by atoms with E-state index in [1.54, 1.807) is 24.3 Å². The van der Waals surface area contributed by atoms with Gasteiger partial charge in [0.25, 0.3) is 0 Å². The minimum Gasteiger partial charge on any atom is -0.410 e. The van der Waals surface area contributed by atoms with E-state index in [2.05, 4.69) is 47.1 Å². The van der Waals surface area contributed by atoms with Crippen LogP contribution in [-0.2, 0) is 0 Å². The zero-order valence-electron chi connectivity index (χ0n) is 8.93. The number of nitrogens with zero attached hydrogens (tertiary/aromatic N) is 2. The van der Waals surface area contributed by atoms with Crippen molar-refractivity contribution in [3.05, 3.63) is 45.7 Å². The summed E-state index contributed by atoms with van der Waals surface area (Å²) >= 11 is 6.36. The van der Waals surface area contributed by atoms with Crippen LogP contribution in [0.1, 0.15) is 0 Å². The van der Waals surface area contributed by atoms with Crippen molar-refractivity contribution < 1.29 is 9.53 Å². The van der Waals surface area contributed by atoms with Gasteiger partial charge in [0.1, 0.15) is 15.0 Å². The Hall–Kier alpha value is -1.47. The smallest absolute Gasteiger partial charge is 0.410 e. The van der Waals surface area contributed by atoms with E-state index in [1.165, 1.54) is 6.20 Å². The maximum Gasteiger partial charge on any atom is 0.418 e. The second kappa shape index (κ2) is 5.92. The number of carbonyl (C=O) groups excluding carboxylic acids is 1. The molecule has 0 aliphatic carbocycles. The summed E-state index contributed by atoms with van der Waals surface area (Å²) in [5.41, 5.74) is 0. The van der Waals surface area contributed by atoms with Crippen LogP contribution < -0.4 is 10.1 Å². The Morgan fingerprint density at radius 3 is 2.61 bits per heavy atom. The van der Waals surface area contributed by atoms with Gasteiger partial charge in [0, 0.05) is 0 Å². The molecule has 0 bridgehead atoms. The topological polar surface area (TPSA) is 64.1 Å². The Bertz CT molecular complexity index is 563. The van der Waals surface area contributed by atoms with Gasteiger partial charge in [0.05, 0.1) is 6.20 Å². The summed E-state index contributed by atoms with van der Waals surface area (Å²) in [4.78, 5) is 19.6. The molecule has 5 nitrogen and oxygen atoms in total. The van der Waals surface area contributed by atoms with E-state index < -0.39 is 6.09 Å². The van der Waals surface area contributed by atoms with Crippen molar-refractivity contribution in [1.82, 2.24) is 9.97 Å². The molecule has 7 heteroatoms. The number of para-hydroxylation sites is 1. The summed E-state index contributed by atoms with van der Waals surface area (Å²) in [6.07, 6.45) is 0.849. The highest BCUT2D eigenvalue weighted by Crippen LogP contribution is 2.19. The lowest BCUT2D eigenvalue weighted by Crippen LogP contribution is -2.18. The molecule has 0 fully saturated rings. The number of carbonyl (C=O) groups is 1. The predicted molar refractivity (Wildman–Crippen MR) is 73.5 cm³/mol. The number of hydrogen-bond acceptors (Lipinski definition) is 4. The molecule has 1 aromatic carbocycles. The monoisotopic (exact) mass is 371 g/mol. The molecule has 0 unspecified atom stereocenters. The van der Waals surface area contributed by atoms with E-state index in [9.17, 15) is 4.79 Å². The largest absolute Gasteiger partial charge is 0.418 e. The lowest BCUT2D eigenvalue weighted by Gasteiger charge is -2.06. The van der Waals surface area contributed by atoms with E-state index >= 15 is 0 Å². The zero-order valence-corrected chi connectivity index (χ0v) is 12.1. The first-order valence-corrected chi connectivity index (χ1v) is 6.45. The van der Waals surface area contributed by atoms with Crippen LogP contribution in [-0.4, -0.2) is 16.1 Å². The molecule has 1 heterocycles. The first-order valence-electron chi connectivity index (χ1n) is 4.87. The Morgan fingerprint density at radius 1 is 1.22 bits per heavy atom. The Balaban J connectivity index is 2.03. The lowest BCUT2D eigenvalue weighted by atomic mass is 10.3. The summed E-state index contributed by atoms with van der Waals surface area (Å²) in [6.45, 7) is 0. The van der Waals surface area contributed by atoms with Crippen LogP contribution in [0.4, 0.5) is 10.6 Å². The van der Waals surface area contributed by atoms with Gasteiger partial charge in [-0.05, 0) is 44.0 Å². The second-order valence-corrected chi connectivity index (χ2v) is 4.72. The van der Waals surface area contributed by atoms with Crippen molar-refractivity contribution in [3.8, 4) is 5.75 Å². The van der Waals surface area contributed by atoms with Gasteiger partial charge >= 0.3 is 6.09 Å². The van der Waals surface area contributed by atoms with E-state index in [0.29, 0.717) is 20.8 Å². The van der Waals surface area contributed by atoms with Crippen molar-refractivity contribution >= 4 is 43.8 Å². The number of amides is 1. The molecule has 2 rings (SSSR count). The van der Waals surface area contributed by atoms with Gasteiger partial charge in [-0.25, -0.2) is 14.8 Å². The number of ether oxygens (including phenoxy) is 1. The van der Waals surface area contributed by atoms with Crippen LogP contribution in [0.2, 0.25) is 0 Å². The quantitative estimate of drug-likeness (QED) is 0.874. The van der Waals surface area contributed by atoms with Crippen LogP contribution in [0.15, 0.2) is 45.7 Å². The van der Waals surface area contributed by atoms with Gasteiger partial charge < -0.3 is 4.74 Å². The molecule has 0 atom stereocenters. The van der Waals surface area contributed by atoms with Crippen molar-refractivity contribution in [2.45, 2.75) is 0 Å². The Labute approximate surface area is 120 Å². The van der Waals surface area contributed by atoms with Gasteiger partial charge in [-0.15, -0.1) is 0 Å². The fourth-order valence-electron chi connectivity index (χ4n) is 1.15. The summed E-state index contributed by atoms with van der Waals surface area (Å²) in [7, 11) is 0. The van der Waals surface area contributed by atoms with Gasteiger partial charge in [0.2, 0.25) is 0 Å². The number of hydrogen-bond donors (Lipinski definition) is 1. The third-order valence-corrected chi connectivity index (χ3v) is 2.81. The molecular weight excluding hydrogens is 366 g/mol. The number of aromatic nitrogens is 2. The van der Waals surface area contributed by atoms with Gasteiger partial charge in [-0.3, -0.25) is 5.32 Å². The summed E-state index contributed by atoms with van der Waals surface area (Å²) in [6, 6.07) is 8.75. The molecule has 92 valence electrons. The van der Waals surface area contributed by atoms with E-state index in [4.69, 9.17) is 4.74 Å². The molecule has 0 spiro atoms. The molecule has 0 radical (unpaired) electrons. The van der Waals surface area contributed by atoms with Crippen LogP contribution in [0.5, 0.6) is 5.75 Å². The number of benzene rings is 1.